The SMILES string of the molecule is CN(C)CC[C@H](c1ccccc1)c1cc(Cl)ccn1. The molecule has 2 rings (SSSR count). The van der Waals surface area contributed by atoms with Gasteiger partial charge >= 0.3 is 0 Å². The quantitative estimate of drug-likeness (QED) is 0.824. The fourth-order valence-corrected chi connectivity index (χ4v) is 2.34. The molecule has 0 aliphatic rings. The van der Waals surface area contributed by atoms with Gasteiger partial charge in [-0.05, 0) is 44.8 Å². The smallest absolute Gasteiger partial charge is 0.0493 e. The van der Waals surface area contributed by atoms with Crippen LogP contribution in [0.3, 0.4) is 0 Å². The molecule has 1 aromatic carbocycles. The normalized spacial score (nSPS) is 12.6. The van der Waals surface area contributed by atoms with E-state index in [9.17, 15) is 0 Å². The average Bonchev–Trinajstić information content (AvgIpc) is 2.40. The van der Waals surface area contributed by atoms with Crippen LogP contribution in [-0.2, 0) is 0 Å². The fourth-order valence-electron chi connectivity index (χ4n) is 2.17. The van der Waals surface area contributed by atoms with Crippen LogP contribution >= 0.6 is 11.6 Å². The third-order valence-electron chi connectivity index (χ3n) is 3.17. The Bertz CT molecular complexity index is 511. The molecule has 0 aliphatic carbocycles. The standard InChI is InChI=1S/C16H19ClN2/c1-19(2)11-9-15(13-6-4-3-5-7-13)16-12-14(17)8-10-18-16/h3-8,10,12,15H,9,11H2,1-2H3/t15-/m1/s1. The maximum Gasteiger partial charge on any atom is 0.0493 e. The van der Waals surface area contributed by atoms with Crippen molar-refractivity contribution in [3.05, 3.63) is 64.9 Å². The molecule has 0 aliphatic heterocycles. The molecule has 0 amide bonds. The van der Waals surface area contributed by atoms with Crippen molar-refractivity contribution in [2.45, 2.75) is 12.3 Å². The fraction of sp³-hybridized carbons (Fsp3) is 0.312. The summed E-state index contributed by atoms with van der Waals surface area (Å²) in [5, 5.41) is 0.746. The second-order valence-electron chi connectivity index (χ2n) is 4.95. The Morgan fingerprint density at radius 2 is 1.89 bits per heavy atom. The summed E-state index contributed by atoms with van der Waals surface area (Å²) in [5.41, 5.74) is 2.33. The summed E-state index contributed by atoms with van der Waals surface area (Å²) in [6.07, 6.45) is 2.81. The van der Waals surface area contributed by atoms with Gasteiger partial charge in [-0.15, -0.1) is 0 Å². The summed E-state index contributed by atoms with van der Waals surface area (Å²) < 4.78 is 0. The van der Waals surface area contributed by atoms with E-state index in [1.165, 1.54) is 5.56 Å². The number of rotatable bonds is 5. The van der Waals surface area contributed by atoms with E-state index in [1.807, 2.05) is 18.2 Å². The van der Waals surface area contributed by atoms with Gasteiger partial charge in [0.1, 0.15) is 0 Å². The first-order valence-corrected chi connectivity index (χ1v) is 6.86. The largest absolute Gasteiger partial charge is 0.309 e. The van der Waals surface area contributed by atoms with Gasteiger partial charge in [0, 0.05) is 22.8 Å². The zero-order chi connectivity index (χ0) is 13.7. The van der Waals surface area contributed by atoms with Crippen molar-refractivity contribution < 1.29 is 0 Å². The van der Waals surface area contributed by atoms with E-state index in [0.29, 0.717) is 5.92 Å². The highest BCUT2D eigenvalue weighted by Crippen LogP contribution is 2.27. The highest BCUT2D eigenvalue weighted by Gasteiger charge is 2.15. The number of pyridine rings is 1. The number of halogens is 1. The molecule has 1 heterocycles. The van der Waals surface area contributed by atoms with Crippen LogP contribution in [0.1, 0.15) is 23.6 Å². The van der Waals surface area contributed by atoms with Crippen LogP contribution in [0.15, 0.2) is 48.7 Å². The van der Waals surface area contributed by atoms with Crippen LogP contribution < -0.4 is 0 Å². The van der Waals surface area contributed by atoms with Crippen molar-refractivity contribution in [2.24, 2.45) is 0 Å². The molecule has 3 heteroatoms. The van der Waals surface area contributed by atoms with Crippen molar-refractivity contribution in [3.8, 4) is 0 Å². The van der Waals surface area contributed by atoms with Gasteiger partial charge < -0.3 is 4.90 Å². The molecule has 0 fully saturated rings. The molecule has 1 aromatic heterocycles. The first kappa shape index (κ1) is 14.0. The van der Waals surface area contributed by atoms with Gasteiger partial charge in [-0.25, -0.2) is 0 Å². The van der Waals surface area contributed by atoms with Crippen molar-refractivity contribution in [1.29, 1.82) is 0 Å². The van der Waals surface area contributed by atoms with Gasteiger partial charge in [0.05, 0.1) is 0 Å². The van der Waals surface area contributed by atoms with Gasteiger partial charge in [0.2, 0.25) is 0 Å². The van der Waals surface area contributed by atoms with Gasteiger partial charge in [-0.2, -0.15) is 0 Å². The molecule has 0 radical (unpaired) electrons. The maximum atomic E-state index is 6.09. The second-order valence-corrected chi connectivity index (χ2v) is 5.39. The Hall–Kier alpha value is -1.38. The lowest BCUT2D eigenvalue weighted by atomic mass is 9.92. The lowest BCUT2D eigenvalue weighted by Crippen LogP contribution is -2.17. The Morgan fingerprint density at radius 3 is 2.53 bits per heavy atom. The molecule has 0 saturated heterocycles. The summed E-state index contributed by atoms with van der Waals surface area (Å²) >= 11 is 6.09. The Labute approximate surface area is 120 Å². The predicted molar refractivity (Wildman–Crippen MR) is 80.7 cm³/mol. The molecule has 0 spiro atoms. The average molecular weight is 275 g/mol. The third-order valence-corrected chi connectivity index (χ3v) is 3.40. The van der Waals surface area contributed by atoms with Crippen LogP contribution in [0.25, 0.3) is 0 Å². The Balaban J connectivity index is 2.29. The van der Waals surface area contributed by atoms with Gasteiger partial charge in [-0.1, -0.05) is 41.9 Å². The number of nitrogens with zero attached hydrogens (tertiary/aromatic N) is 2. The van der Waals surface area contributed by atoms with E-state index >= 15 is 0 Å². The van der Waals surface area contributed by atoms with E-state index < -0.39 is 0 Å². The molecule has 0 saturated carbocycles. The molecule has 2 nitrogen and oxygen atoms in total. The monoisotopic (exact) mass is 274 g/mol. The minimum atomic E-state index is 0.294. The van der Waals surface area contributed by atoms with Crippen molar-refractivity contribution in [1.82, 2.24) is 9.88 Å². The second kappa shape index (κ2) is 6.69. The van der Waals surface area contributed by atoms with Gasteiger partial charge in [-0.3, -0.25) is 4.98 Å². The van der Waals surface area contributed by atoms with E-state index in [-0.39, 0.29) is 0 Å². The highest BCUT2D eigenvalue weighted by atomic mass is 35.5. The van der Waals surface area contributed by atoms with E-state index in [0.717, 1.165) is 23.7 Å². The highest BCUT2D eigenvalue weighted by molar-refractivity contribution is 6.30. The molecule has 0 bridgehead atoms. The van der Waals surface area contributed by atoms with Crippen molar-refractivity contribution >= 4 is 11.6 Å². The Kier molecular flexibility index (Phi) is 4.94. The lowest BCUT2D eigenvalue weighted by molar-refractivity contribution is 0.389. The molecular formula is C16H19ClN2. The number of hydrogen-bond acceptors (Lipinski definition) is 2. The number of benzene rings is 1. The van der Waals surface area contributed by atoms with Crippen molar-refractivity contribution in [3.63, 3.8) is 0 Å². The zero-order valence-electron chi connectivity index (χ0n) is 11.4. The molecule has 19 heavy (non-hydrogen) atoms. The summed E-state index contributed by atoms with van der Waals surface area (Å²) in [7, 11) is 4.18. The topological polar surface area (TPSA) is 16.1 Å². The van der Waals surface area contributed by atoms with Crippen LogP contribution in [0.2, 0.25) is 5.02 Å². The molecule has 0 unspecified atom stereocenters. The van der Waals surface area contributed by atoms with E-state index in [1.54, 1.807) is 6.20 Å². The maximum absolute atomic E-state index is 6.09. The van der Waals surface area contributed by atoms with Gasteiger partial charge in [0.25, 0.3) is 0 Å². The number of aromatic nitrogens is 1. The lowest BCUT2D eigenvalue weighted by Gasteiger charge is -2.19. The van der Waals surface area contributed by atoms with Crippen LogP contribution in [-0.4, -0.2) is 30.5 Å². The van der Waals surface area contributed by atoms with Gasteiger partial charge in [0.15, 0.2) is 0 Å². The summed E-state index contributed by atoms with van der Waals surface area (Å²) in [6.45, 7) is 1.02. The first-order chi connectivity index (χ1) is 9.16. The minimum absolute atomic E-state index is 0.294. The molecule has 2 aromatic rings. The minimum Gasteiger partial charge on any atom is -0.309 e. The molecule has 0 N–H and O–H groups in total. The first-order valence-electron chi connectivity index (χ1n) is 6.48. The summed E-state index contributed by atoms with van der Waals surface area (Å²) in [5.74, 6) is 0.294. The zero-order valence-corrected chi connectivity index (χ0v) is 12.1. The number of hydrogen-bond donors (Lipinski definition) is 0. The predicted octanol–water partition coefficient (Wildman–Crippen LogP) is 3.82. The summed E-state index contributed by atoms with van der Waals surface area (Å²) in [4.78, 5) is 6.69. The summed E-state index contributed by atoms with van der Waals surface area (Å²) in [6, 6.07) is 14.3. The van der Waals surface area contributed by atoms with Crippen molar-refractivity contribution in [2.75, 3.05) is 20.6 Å². The third kappa shape index (κ3) is 4.05. The Morgan fingerprint density at radius 1 is 1.16 bits per heavy atom. The van der Waals surface area contributed by atoms with Crippen LogP contribution in [0.5, 0.6) is 0 Å². The van der Waals surface area contributed by atoms with Crippen LogP contribution in [0, 0.1) is 0 Å². The molecular weight excluding hydrogens is 256 g/mol. The molecule has 100 valence electrons. The van der Waals surface area contributed by atoms with E-state index in [4.69, 9.17) is 11.6 Å². The molecule has 1 atom stereocenters. The van der Waals surface area contributed by atoms with E-state index in [2.05, 4.69) is 48.2 Å². The van der Waals surface area contributed by atoms with Crippen LogP contribution in [0.4, 0.5) is 0 Å².